The van der Waals surface area contributed by atoms with E-state index < -0.39 is 0 Å². The SMILES string of the molecule is O=C(c1cnn2cccnc12)N1CCN(Cc2ccc(-c3cccc(Cl)c3)s2)CC1. The Hall–Kier alpha value is -2.74. The lowest BCUT2D eigenvalue weighted by Gasteiger charge is -2.34. The maximum absolute atomic E-state index is 12.9. The van der Waals surface area contributed by atoms with Crippen molar-refractivity contribution in [2.45, 2.75) is 6.54 Å². The maximum Gasteiger partial charge on any atom is 0.259 e. The van der Waals surface area contributed by atoms with Crippen LogP contribution in [0.25, 0.3) is 16.1 Å². The van der Waals surface area contributed by atoms with Crippen LogP contribution >= 0.6 is 22.9 Å². The van der Waals surface area contributed by atoms with Crippen LogP contribution in [-0.2, 0) is 6.54 Å². The number of halogens is 1. The molecule has 0 saturated carbocycles. The lowest BCUT2D eigenvalue weighted by atomic mass is 10.2. The number of thiophene rings is 1. The van der Waals surface area contributed by atoms with Crippen molar-refractivity contribution in [1.82, 2.24) is 24.4 Å². The number of aromatic nitrogens is 3. The van der Waals surface area contributed by atoms with E-state index in [0.29, 0.717) is 24.3 Å². The Morgan fingerprint density at radius 3 is 2.80 bits per heavy atom. The monoisotopic (exact) mass is 437 g/mol. The molecule has 1 fully saturated rings. The molecule has 1 amide bonds. The Morgan fingerprint density at radius 1 is 1.10 bits per heavy atom. The van der Waals surface area contributed by atoms with Gasteiger partial charge in [-0.05, 0) is 35.9 Å². The van der Waals surface area contributed by atoms with Crippen LogP contribution in [0, 0.1) is 0 Å². The second-order valence-electron chi connectivity index (χ2n) is 7.29. The van der Waals surface area contributed by atoms with E-state index in [-0.39, 0.29) is 5.91 Å². The van der Waals surface area contributed by atoms with Crippen LogP contribution in [0.5, 0.6) is 0 Å². The molecule has 0 unspecified atom stereocenters. The van der Waals surface area contributed by atoms with E-state index in [1.807, 2.05) is 23.1 Å². The third-order valence-corrected chi connectivity index (χ3v) is 6.67. The molecule has 5 rings (SSSR count). The Balaban J connectivity index is 1.21. The average Bonchev–Trinajstić information content (AvgIpc) is 3.41. The van der Waals surface area contributed by atoms with E-state index in [1.165, 1.54) is 9.75 Å². The van der Waals surface area contributed by atoms with E-state index in [9.17, 15) is 4.79 Å². The first-order valence-electron chi connectivity index (χ1n) is 9.82. The largest absolute Gasteiger partial charge is 0.336 e. The molecule has 6 nitrogen and oxygen atoms in total. The summed E-state index contributed by atoms with van der Waals surface area (Å²) in [4.78, 5) is 24.1. The van der Waals surface area contributed by atoms with Gasteiger partial charge in [0.1, 0.15) is 5.56 Å². The van der Waals surface area contributed by atoms with Gasteiger partial charge in [0.15, 0.2) is 5.65 Å². The molecule has 4 aromatic rings. The molecule has 30 heavy (non-hydrogen) atoms. The molecular weight excluding hydrogens is 418 g/mol. The fraction of sp³-hybridized carbons (Fsp3) is 0.227. The number of rotatable bonds is 4. The summed E-state index contributed by atoms with van der Waals surface area (Å²) in [5.41, 5.74) is 2.32. The number of benzene rings is 1. The van der Waals surface area contributed by atoms with Gasteiger partial charge in [0.25, 0.3) is 5.91 Å². The number of piperazine rings is 1. The van der Waals surface area contributed by atoms with Crippen molar-refractivity contribution in [3.8, 4) is 10.4 Å². The highest BCUT2D eigenvalue weighted by molar-refractivity contribution is 7.15. The predicted molar refractivity (Wildman–Crippen MR) is 119 cm³/mol. The minimum Gasteiger partial charge on any atom is -0.336 e. The third-order valence-electron chi connectivity index (χ3n) is 5.32. The van der Waals surface area contributed by atoms with Crippen LogP contribution in [0.1, 0.15) is 15.2 Å². The molecule has 0 N–H and O–H groups in total. The molecule has 152 valence electrons. The minimum absolute atomic E-state index is 0.00251. The zero-order valence-corrected chi connectivity index (χ0v) is 17.8. The van der Waals surface area contributed by atoms with E-state index in [1.54, 1.807) is 40.5 Å². The van der Waals surface area contributed by atoms with E-state index in [4.69, 9.17) is 11.6 Å². The van der Waals surface area contributed by atoms with Crippen LogP contribution < -0.4 is 0 Å². The zero-order valence-electron chi connectivity index (χ0n) is 16.2. The lowest BCUT2D eigenvalue weighted by molar-refractivity contribution is 0.0631. The Labute approximate surface area is 183 Å². The molecule has 1 aliphatic heterocycles. The summed E-state index contributed by atoms with van der Waals surface area (Å²) in [5, 5.41) is 4.98. The summed E-state index contributed by atoms with van der Waals surface area (Å²) < 4.78 is 1.64. The molecular formula is C22H20ClN5OS. The summed E-state index contributed by atoms with van der Waals surface area (Å²) in [7, 11) is 0. The summed E-state index contributed by atoms with van der Waals surface area (Å²) in [6.45, 7) is 4.00. The van der Waals surface area contributed by atoms with Crippen LogP contribution in [0.4, 0.5) is 0 Å². The van der Waals surface area contributed by atoms with Gasteiger partial charge in [-0.15, -0.1) is 11.3 Å². The van der Waals surface area contributed by atoms with Gasteiger partial charge in [0.05, 0.1) is 6.20 Å². The third kappa shape index (κ3) is 3.84. The van der Waals surface area contributed by atoms with Gasteiger partial charge >= 0.3 is 0 Å². The van der Waals surface area contributed by atoms with Crippen molar-refractivity contribution >= 4 is 34.5 Å². The van der Waals surface area contributed by atoms with Gasteiger partial charge in [-0.1, -0.05) is 23.7 Å². The summed E-state index contributed by atoms with van der Waals surface area (Å²) in [5.74, 6) is 0.00251. The zero-order chi connectivity index (χ0) is 20.5. The predicted octanol–water partition coefficient (Wildman–Crippen LogP) is 4.07. The summed E-state index contributed by atoms with van der Waals surface area (Å²) in [6, 6.07) is 14.1. The van der Waals surface area contributed by atoms with Crippen molar-refractivity contribution in [3.05, 3.63) is 76.5 Å². The summed E-state index contributed by atoms with van der Waals surface area (Å²) >= 11 is 7.92. The number of hydrogen-bond acceptors (Lipinski definition) is 5. The Bertz CT molecular complexity index is 1190. The van der Waals surface area contributed by atoms with Crippen molar-refractivity contribution in [2.24, 2.45) is 0 Å². The van der Waals surface area contributed by atoms with Gasteiger partial charge in [-0.25, -0.2) is 9.50 Å². The van der Waals surface area contributed by atoms with Crippen LogP contribution in [0.15, 0.2) is 61.1 Å². The van der Waals surface area contributed by atoms with Gasteiger partial charge in [0.2, 0.25) is 0 Å². The molecule has 0 atom stereocenters. The fourth-order valence-corrected chi connectivity index (χ4v) is 4.97. The smallest absolute Gasteiger partial charge is 0.259 e. The Kier molecular flexibility index (Phi) is 5.25. The first-order chi connectivity index (χ1) is 14.7. The number of nitrogens with zero attached hydrogens (tertiary/aromatic N) is 5. The van der Waals surface area contributed by atoms with Crippen molar-refractivity contribution < 1.29 is 4.79 Å². The van der Waals surface area contributed by atoms with Gasteiger partial charge in [-0.2, -0.15) is 5.10 Å². The molecule has 8 heteroatoms. The second kappa shape index (κ2) is 8.18. The molecule has 0 spiro atoms. The molecule has 1 aromatic carbocycles. The van der Waals surface area contributed by atoms with E-state index in [2.05, 4.69) is 33.2 Å². The molecule has 1 aliphatic rings. The fourth-order valence-electron chi connectivity index (χ4n) is 3.74. The number of hydrogen-bond donors (Lipinski definition) is 0. The first-order valence-corrected chi connectivity index (χ1v) is 11.0. The first kappa shape index (κ1) is 19.2. The highest BCUT2D eigenvalue weighted by Gasteiger charge is 2.25. The normalized spacial score (nSPS) is 15.0. The van der Waals surface area contributed by atoms with Crippen LogP contribution in [0.3, 0.4) is 0 Å². The second-order valence-corrected chi connectivity index (χ2v) is 8.90. The van der Waals surface area contributed by atoms with Crippen molar-refractivity contribution in [3.63, 3.8) is 0 Å². The van der Waals surface area contributed by atoms with Crippen molar-refractivity contribution in [2.75, 3.05) is 26.2 Å². The molecule has 0 aliphatic carbocycles. The van der Waals surface area contributed by atoms with Crippen molar-refractivity contribution in [1.29, 1.82) is 0 Å². The van der Waals surface area contributed by atoms with E-state index >= 15 is 0 Å². The molecule has 1 saturated heterocycles. The van der Waals surface area contributed by atoms with Gasteiger partial charge in [-0.3, -0.25) is 9.69 Å². The van der Waals surface area contributed by atoms with E-state index in [0.717, 1.165) is 30.2 Å². The number of carbonyl (C=O) groups excluding carboxylic acids is 1. The molecule has 4 heterocycles. The maximum atomic E-state index is 12.9. The molecule has 3 aromatic heterocycles. The lowest BCUT2D eigenvalue weighted by Crippen LogP contribution is -2.48. The quantitative estimate of drug-likeness (QED) is 0.483. The molecule has 0 radical (unpaired) electrons. The number of fused-ring (bicyclic) bond motifs is 1. The average molecular weight is 438 g/mol. The minimum atomic E-state index is 0.00251. The Morgan fingerprint density at radius 2 is 1.97 bits per heavy atom. The summed E-state index contributed by atoms with van der Waals surface area (Å²) in [6.07, 6.45) is 5.10. The van der Waals surface area contributed by atoms with Gasteiger partial charge < -0.3 is 4.90 Å². The molecule has 0 bridgehead atoms. The van der Waals surface area contributed by atoms with Gasteiger partial charge in [0, 0.05) is 59.9 Å². The number of amides is 1. The van der Waals surface area contributed by atoms with Crippen LogP contribution in [0.2, 0.25) is 5.02 Å². The number of carbonyl (C=O) groups is 1. The standard InChI is InChI=1S/C22H20ClN5OS/c23-17-4-1-3-16(13-17)20-6-5-18(30-20)15-26-9-11-27(12-10-26)22(29)19-14-25-28-8-2-7-24-21(19)28/h1-8,13-14H,9-12,15H2. The highest BCUT2D eigenvalue weighted by atomic mass is 35.5. The van der Waals surface area contributed by atoms with Crippen LogP contribution in [-0.4, -0.2) is 56.5 Å². The highest BCUT2D eigenvalue weighted by Crippen LogP contribution is 2.30. The topological polar surface area (TPSA) is 53.7 Å².